The number of benzene rings is 1. The van der Waals surface area contributed by atoms with Crippen molar-refractivity contribution < 1.29 is 9.53 Å². The molecular weight excluding hydrogens is 324 g/mol. The van der Waals surface area contributed by atoms with Gasteiger partial charge in [0.1, 0.15) is 5.75 Å². The van der Waals surface area contributed by atoms with Crippen molar-refractivity contribution in [3.05, 3.63) is 24.3 Å². The van der Waals surface area contributed by atoms with Crippen molar-refractivity contribution in [3.8, 4) is 17.1 Å². The zero-order valence-corrected chi connectivity index (χ0v) is 15.4. The van der Waals surface area contributed by atoms with Crippen LogP contribution in [-0.4, -0.2) is 39.6 Å². The maximum absolute atomic E-state index is 12.0. The topological polar surface area (TPSA) is 69.0 Å². The van der Waals surface area contributed by atoms with E-state index in [0.717, 1.165) is 35.1 Å². The van der Waals surface area contributed by atoms with E-state index in [-0.39, 0.29) is 11.9 Å². The van der Waals surface area contributed by atoms with Crippen LogP contribution in [0.4, 0.5) is 0 Å². The van der Waals surface area contributed by atoms with Gasteiger partial charge in [-0.3, -0.25) is 4.79 Å². The monoisotopic (exact) mass is 348 g/mol. The summed E-state index contributed by atoms with van der Waals surface area (Å²) in [5.41, 5.74) is 0.957. The van der Waals surface area contributed by atoms with Crippen LogP contribution >= 0.6 is 11.8 Å². The van der Waals surface area contributed by atoms with E-state index < -0.39 is 0 Å². The predicted octanol–water partition coefficient (Wildman–Crippen LogP) is 2.89. The molecule has 0 aliphatic carbocycles. The van der Waals surface area contributed by atoms with E-state index in [4.69, 9.17) is 4.74 Å². The lowest BCUT2D eigenvalue weighted by atomic mass is 10.2. The molecule has 1 atom stereocenters. The van der Waals surface area contributed by atoms with Gasteiger partial charge in [-0.05, 0) is 37.6 Å². The normalized spacial score (nSPS) is 12.0. The molecule has 6 nitrogen and oxygen atoms in total. The Morgan fingerprint density at radius 2 is 2.04 bits per heavy atom. The van der Waals surface area contributed by atoms with Gasteiger partial charge in [0.15, 0.2) is 11.0 Å². The number of aromatic nitrogens is 3. The molecule has 130 valence electrons. The van der Waals surface area contributed by atoms with E-state index in [1.54, 1.807) is 7.11 Å². The second-order valence-electron chi connectivity index (χ2n) is 5.64. The Hall–Kier alpha value is -2.02. The molecule has 0 aliphatic rings. The Balaban J connectivity index is 1.98. The molecule has 0 spiro atoms. The Kier molecular flexibility index (Phi) is 6.66. The van der Waals surface area contributed by atoms with Crippen LogP contribution in [0.1, 0.15) is 26.7 Å². The van der Waals surface area contributed by atoms with Crippen LogP contribution in [0.15, 0.2) is 29.4 Å². The fourth-order valence-electron chi connectivity index (χ4n) is 2.38. The van der Waals surface area contributed by atoms with Crippen LogP contribution in [0, 0.1) is 0 Å². The molecule has 1 amide bonds. The number of methoxy groups -OCH3 is 1. The van der Waals surface area contributed by atoms with Crippen molar-refractivity contribution >= 4 is 17.7 Å². The van der Waals surface area contributed by atoms with Crippen LogP contribution in [0.5, 0.6) is 5.75 Å². The molecule has 24 heavy (non-hydrogen) atoms. The highest BCUT2D eigenvalue weighted by molar-refractivity contribution is 7.99. The van der Waals surface area contributed by atoms with Gasteiger partial charge in [0.05, 0.1) is 12.9 Å². The highest BCUT2D eigenvalue weighted by Crippen LogP contribution is 2.24. The smallest absolute Gasteiger partial charge is 0.230 e. The van der Waals surface area contributed by atoms with Gasteiger partial charge in [-0.2, -0.15) is 0 Å². The average Bonchev–Trinajstić information content (AvgIpc) is 2.94. The molecule has 2 rings (SSSR count). The summed E-state index contributed by atoms with van der Waals surface area (Å²) in [6.45, 7) is 4.13. The molecule has 1 aromatic carbocycles. The Labute approximate surface area is 147 Å². The van der Waals surface area contributed by atoms with E-state index in [2.05, 4.69) is 22.4 Å². The lowest BCUT2D eigenvalue weighted by molar-refractivity contribution is -0.119. The number of nitrogens with zero attached hydrogens (tertiary/aromatic N) is 3. The van der Waals surface area contributed by atoms with Gasteiger partial charge in [0.25, 0.3) is 0 Å². The molecule has 0 saturated carbocycles. The number of rotatable bonds is 8. The van der Waals surface area contributed by atoms with Gasteiger partial charge in [-0.1, -0.05) is 25.1 Å². The third-order valence-corrected chi connectivity index (χ3v) is 4.66. The summed E-state index contributed by atoms with van der Waals surface area (Å²) < 4.78 is 7.06. The Bertz CT molecular complexity index is 670. The third kappa shape index (κ3) is 4.74. The Morgan fingerprint density at radius 3 is 2.67 bits per heavy atom. The first-order valence-corrected chi connectivity index (χ1v) is 8.99. The van der Waals surface area contributed by atoms with Crippen LogP contribution in [-0.2, 0) is 11.8 Å². The zero-order chi connectivity index (χ0) is 17.5. The van der Waals surface area contributed by atoms with Crippen LogP contribution in [0.25, 0.3) is 11.4 Å². The van der Waals surface area contributed by atoms with E-state index in [1.165, 1.54) is 11.8 Å². The van der Waals surface area contributed by atoms with Crippen LogP contribution < -0.4 is 10.1 Å². The number of nitrogens with one attached hydrogen (secondary N) is 1. The molecule has 0 fully saturated rings. The number of ether oxygens (including phenoxy) is 1. The quantitative estimate of drug-likeness (QED) is 0.743. The molecular formula is C17H24N4O2S. The number of thioether (sulfide) groups is 1. The Morgan fingerprint density at radius 1 is 1.33 bits per heavy atom. The van der Waals surface area contributed by atoms with Gasteiger partial charge in [0, 0.05) is 18.7 Å². The summed E-state index contributed by atoms with van der Waals surface area (Å²) >= 11 is 1.39. The first-order chi connectivity index (χ1) is 11.5. The molecule has 1 heterocycles. The van der Waals surface area contributed by atoms with Crippen molar-refractivity contribution in [2.75, 3.05) is 12.9 Å². The summed E-state index contributed by atoms with van der Waals surface area (Å²) in [4.78, 5) is 12.0. The standard InChI is InChI=1S/C17H24N4O2S/c1-5-6-12(2)18-15(22)11-24-17-20-19-16(21(17)3)13-7-9-14(23-4)10-8-13/h7-10,12H,5-6,11H2,1-4H3,(H,18,22). The van der Waals surface area contributed by atoms with E-state index in [9.17, 15) is 4.79 Å². The molecule has 0 aliphatic heterocycles. The SMILES string of the molecule is CCCC(C)NC(=O)CSc1nnc(-c2ccc(OC)cc2)n1C. The fourth-order valence-corrected chi connectivity index (χ4v) is 3.11. The van der Waals surface area contributed by atoms with Crippen molar-refractivity contribution in [1.82, 2.24) is 20.1 Å². The number of hydrogen-bond acceptors (Lipinski definition) is 5. The lowest BCUT2D eigenvalue weighted by Gasteiger charge is -2.12. The second kappa shape index (κ2) is 8.73. The fraction of sp³-hybridized carbons (Fsp3) is 0.471. The summed E-state index contributed by atoms with van der Waals surface area (Å²) in [6.07, 6.45) is 2.05. The molecule has 1 aromatic heterocycles. The van der Waals surface area contributed by atoms with Crippen molar-refractivity contribution in [1.29, 1.82) is 0 Å². The van der Waals surface area contributed by atoms with Crippen molar-refractivity contribution in [2.45, 2.75) is 37.9 Å². The van der Waals surface area contributed by atoms with E-state index in [0.29, 0.717) is 5.75 Å². The molecule has 2 aromatic rings. The van der Waals surface area contributed by atoms with E-state index in [1.807, 2.05) is 42.8 Å². The van der Waals surface area contributed by atoms with Crippen molar-refractivity contribution in [2.24, 2.45) is 7.05 Å². The van der Waals surface area contributed by atoms with Gasteiger partial charge in [-0.15, -0.1) is 10.2 Å². The minimum atomic E-state index is 0.0231. The molecule has 0 radical (unpaired) electrons. The summed E-state index contributed by atoms with van der Waals surface area (Å²) in [5, 5.41) is 12.1. The van der Waals surface area contributed by atoms with Crippen LogP contribution in [0.2, 0.25) is 0 Å². The largest absolute Gasteiger partial charge is 0.497 e. The highest BCUT2D eigenvalue weighted by Gasteiger charge is 2.14. The molecule has 0 bridgehead atoms. The molecule has 1 N–H and O–H groups in total. The summed E-state index contributed by atoms with van der Waals surface area (Å²) in [7, 11) is 3.54. The number of hydrogen-bond donors (Lipinski definition) is 1. The predicted molar refractivity (Wildman–Crippen MR) is 96.2 cm³/mol. The van der Waals surface area contributed by atoms with Gasteiger partial charge >= 0.3 is 0 Å². The first kappa shape index (κ1) is 18.3. The second-order valence-corrected chi connectivity index (χ2v) is 6.58. The number of carbonyl (C=O) groups is 1. The maximum Gasteiger partial charge on any atom is 0.230 e. The first-order valence-electron chi connectivity index (χ1n) is 8.01. The summed E-state index contributed by atoms with van der Waals surface area (Å²) in [5.74, 6) is 1.92. The molecule has 7 heteroatoms. The zero-order valence-electron chi connectivity index (χ0n) is 14.6. The minimum absolute atomic E-state index is 0.0231. The number of amides is 1. The minimum Gasteiger partial charge on any atom is -0.497 e. The lowest BCUT2D eigenvalue weighted by Crippen LogP contribution is -2.33. The molecule has 1 unspecified atom stereocenters. The van der Waals surface area contributed by atoms with Gasteiger partial charge < -0.3 is 14.6 Å². The molecule has 0 saturated heterocycles. The third-order valence-electron chi connectivity index (χ3n) is 3.64. The number of carbonyl (C=O) groups excluding carboxylic acids is 1. The van der Waals surface area contributed by atoms with Gasteiger partial charge in [-0.25, -0.2) is 0 Å². The van der Waals surface area contributed by atoms with Gasteiger partial charge in [0.2, 0.25) is 5.91 Å². The average molecular weight is 348 g/mol. The van der Waals surface area contributed by atoms with Crippen LogP contribution in [0.3, 0.4) is 0 Å². The highest BCUT2D eigenvalue weighted by atomic mass is 32.2. The maximum atomic E-state index is 12.0. The summed E-state index contributed by atoms with van der Waals surface area (Å²) in [6, 6.07) is 7.86. The van der Waals surface area contributed by atoms with E-state index >= 15 is 0 Å². The van der Waals surface area contributed by atoms with Crippen molar-refractivity contribution in [3.63, 3.8) is 0 Å².